The maximum atomic E-state index is 12.3. The average molecular weight is 382 g/mol. The van der Waals surface area contributed by atoms with E-state index in [2.05, 4.69) is 5.32 Å². The number of hydrogen-bond acceptors (Lipinski definition) is 6. The number of nitro groups is 1. The van der Waals surface area contributed by atoms with Gasteiger partial charge in [-0.2, -0.15) is 0 Å². The van der Waals surface area contributed by atoms with E-state index in [1.54, 1.807) is 43.3 Å². The third-order valence-corrected chi connectivity index (χ3v) is 4.58. The summed E-state index contributed by atoms with van der Waals surface area (Å²) in [6, 6.07) is 14.1. The van der Waals surface area contributed by atoms with Crippen molar-refractivity contribution < 1.29 is 19.2 Å². The standard InChI is InChI=1S/C19H14N2O5S/c1-12-4-2-5-15(17(12)21(24)25)19(23)26-14-9-7-13(8-10-14)20-18(22)16-6-3-11-27-16/h2-11H,1H3,(H,20,22). The molecular weight excluding hydrogens is 368 g/mol. The van der Waals surface area contributed by atoms with Gasteiger partial charge in [-0.3, -0.25) is 14.9 Å². The van der Waals surface area contributed by atoms with Crippen LogP contribution in [0.5, 0.6) is 5.75 Å². The van der Waals surface area contributed by atoms with Crippen molar-refractivity contribution in [2.24, 2.45) is 0 Å². The second-order valence-corrected chi connectivity index (χ2v) is 6.52. The van der Waals surface area contributed by atoms with Crippen LogP contribution >= 0.6 is 11.3 Å². The molecule has 0 atom stereocenters. The van der Waals surface area contributed by atoms with Gasteiger partial charge in [-0.05, 0) is 48.7 Å². The minimum atomic E-state index is -0.819. The van der Waals surface area contributed by atoms with Crippen LogP contribution < -0.4 is 10.1 Å². The number of thiophene rings is 1. The van der Waals surface area contributed by atoms with Crippen LogP contribution in [0.1, 0.15) is 25.6 Å². The van der Waals surface area contributed by atoms with Crippen LogP contribution in [-0.4, -0.2) is 16.8 Å². The van der Waals surface area contributed by atoms with E-state index < -0.39 is 10.9 Å². The molecule has 1 N–H and O–H groups in total. The molecule has 0 aliphatic carbocycles. The van der Waals surface area contributed by atoms with Crippen molar-refractivity contribution in [2.45, 2.75) is 6.92 Å². The SMILES string of the molecule is Cc1cccc(C(=O)Oc2ccc(NC(=O)c3cccs3)cc2)c1[N+](=O)[O-]. The number of amides is 1. The number of esters is 1. The lowest BCUT2D eigenvalue weighted by Crippen LogP contribution is -2.12. The zero-order valence-corrected chi connectivity index (χ0v) is 15.0. The smallest absolute Gasteiger partial charge is 0.350 e. The van der Waals surface area contributed by atoms with E-state index in [0.717, 1.165) is 0 Å². The molecule has 0 bridgehead atoms. The summed E-state index contributed by atoms with van der Waals surface area (Å²) in [7, 11) is 0. The Morgan fingerprint density at radius 1 is 1.07 bits per heavy atom. The first-order valence-electron chi connectivity index (χ1n) is 7.87. The number of carbonyl (C=O) groups is 2. The molecule has 0 saturated carbocycles. The minimum Gasteiger partial charge on any atom is -0.423 e. The summed E-state index contributed by atoms with van der Waals surface area (Å²) >= 11 is 1.33. The number of benzene rings is 2. The Morgan fingerprint density at radius 2 is 1.81 bits per heavy atom. The van der Waals surface area contributed by atoms with E-state index in [-0.39, 0.29) is 22.9 Å². The summed E-state index contributed by atoms with van der Waals surface area (Å²) < 4.78 is 5.22. The highest BCUT2D eigenvalue weighted by atomic mass is 32.1. The van der Waals surface area contributed by atoms with Gasteiger partial charge in [-0.15, -0.1) is 11.3 Å². The Morgan fingerprint density at radius 3 is 2.44 bits per heavy atom. The number of nitrogens with zero attached hydrogens (tertiary/aromatic N) is 1. The second-order valence-electron chi connectivity index (χ2n) is 5.57. The Hall–Kier alpha value is -3.52. The van der Waals surface area contributed by atoms with Crippen LogP contribution in [0.25, 0.3) is 0 Å². The third kappa shape index (κ3) is 4.18. The Balaban J connectivity index is 1.72. The number of ether oxygens (including phenoxy) is 1. The number of hydrogen-bond donors (Lipinski definition) is 1. The Kier molecular flexibility index (Phi) is 5.28. The van der Waals surface area contributed by atoms with Crippen LogP contribution in [0.15, 0.2) is 60.0 Å². The third-order valence-electron chi connectivity index (χ3n) is 3.71. The van der Waals surface area contributed by atoms with Gasteiger partial charge < -0.3 is 10.1 Å². The van der Waals surface area contributed by atoms with E-state index in [4.69, 9.17) is 4.74 Å². The fourth-order valence-electron chi connectivity index (χ4n) is 2.43. The van der Waals surface area contributed by atoms with E-state index in [1.807, 2.05) is 5.38 Å². The van der Waals surface area contributed by atoms with Gasteiger partial charge in [0.1, 0.15) is 11.3 Å². The highest BCUT2D eigenvalue weighted by Crippen LogP contribution is 2.25. The first-order chi connectivity index (χ1) is 13.0. The monoisotopic (exact) mass is 382 g/mol. The predicted octanol–water partition coefficient (Wildman–Crippen LogP) is 4.44. The summed E-state index contributed by atoms with van der Waals surface area (Å²) in [6.07, 6.45) is 0. The molecule has 3 rings (SSSR count). The summed E-state index contributed by atoms with van der Waals surface area (Å²) in [4.78, 5) is 35.5. The van der Waals surface area contributed by atoms with Crippen molar-refractivity contribution in [3.8, 4) is 5.75 Å². The lowest BCUT2D eigenvalue weighted by atomic mass is 10.1. The normalized spacial score (nSPS) is 10.3. The molecule has 2 aromatic carbocycles. The minimum absolute atomic E-state index is 0.116. The summed E-state index contributed by atoms with van der Waals surface area (Å²) in [6.45, 7) is 1.56. The van der Waals surface area contributed by atoms with Crippen molar-refractivity contribution >= 4 is 34.6 Å². The molecule has 8 heteroatoms. The van der Waals surface area contributed by atoms with Crippen molar-refractivity contribution in [3.63, 3.8) is 0 Å². The van der Waals surface area contributed by atoms with Gasteiger partial charge in [-0.25, -0.2) is 4.79 Å². The largest absolute Gasteiger partial charge is 0.423 e. The molecule has 0 aliphatic heterocycles. The van der Waals surface area contributed by atoms with E-state index in [0.29, 0.717) is 16.1 Å². The van der Waals surface area contributed by atoms with Gasteiger partial charge in [0.05, 0.1) is 9.80 Å². The number of anilines is 1. The Labute approximate surface area is 158 Å². The van der Waals surface area contributed by atoms with Crippen LogP contribution in [0.4, 0.5) is 11.4 Å². The van der Waals surface area contributed by atoms with Gasteiger partial charge in [0, 0.05) is 11.3 Å². The molecule has 0 saturated heterocycles. The molecular formula is C19H14N2O5S. The van der Waals surface area contributed by atoms with Crippen LogP contribution in [0.2, 0.25) is 0 Å². The number of para-hydroxylation sites is 1. The van der Waals surface area contributed by atoms with E-state index >= 15 is 0 Å². The van der Waals surface area contributed by atoms with E-state index in [1.165, 1.54) is 29.5 Å². The number of rotatable bonds is 5. The quantitative estimate of drug-likeness (QED) is 0.304. The molecule has 0 aliphatic rings. The molecule has 27 heavy (non-hydrogen) atoms. The van der Waals surface area contributed by atoms with Gasteiger partial charge in [0.25, 0.3) is 11.6 Å². The van der Waals surface area contributed by atoms with Gasteiger partial charge in [0.2, 0.25) is 0 Å². The highest BCUT2D eigenvalue weighted by molar-refractivity contribution is 7.12. The van der Waals surface area contributed by atoms with Crippen molar-refractivity contribution in [3.05, 3.63) is 86.1 Å². The van der Waals surface area contributed by atoms with Crippen molar-refractivity contribution in [1.29, 1.82) is 0 Å². The highest BCUT2D eigenvalue weighted by Gasteiger charge is 2.24. The van der Waals surface area contributed by atoms with Crippen LogP contribution in [-0.2, 0) is 0 Å². The molecule has 7 nitrogen and oxygen atoms in total. The number of nitrogens with one attached hydrogen (secondary N) is 1. The van der Waals surface area contributed by atoms with Crippen LogP contribution in [0.3, 0.4) is 0 Å². The molecule has 1 heterocycles. The first-order valence-corrected chi connectivity index (χ1v) is 8.75. The first kappa shape index (κ1) is 18.3. The van der Waals surface area contributed by atoms with Crippen molar-refractivity contribution in [2.75, 3.05) is 5.32 Å². The fraction of sp³-hybridized carbons (Fsp3) is 0.0526. The second kappa shape index (κ2) is 7.79. The molecule has 0 fully saturated rings. The molecule has 1 amide bonds. The average Bonchev–Trinajstić information content (AvgIpc) is 3.17. The molecule has 0 radical (unpaired) electrons. The number of carbonyl (C=O) groups excluding carboxylic acids is 2. The Bertz CT molecular complexity index is 997. The van der Waals surface area contributed by atoms with Gasteiger partial charge in [0.15, 0.2) is 0 Å². The molecule has 1 aromatic heterocycles. The summed E-state index contributed by atoms with van der Waals surface area (Å²) in [5.74, 6) is -0.837. The topological polar surface area (TPSA) is 98.5 Å². The number of nitro benzene ring substituents is 1. The zero-order chi connectivity index (χ0) is 19.4. The maximum absolute atomic E-state index is 12.3. The van der Waals surface area contributed by atoms with Crippen molar-refractivity contribution in [1.82, 2.24) is 0 Å². The summed E-state index contributed by atoms with van der Waals surface area (Å²) in [5, 5.41) is 15.7. The van der Waals surface area contributed by atoms with Gasteiger partial charge in [-0.1, -0.05) is 18.2 Å². The fourth-order valence-corrected chi connectivity index (χ4v) is 3.05. The zero-order valence-electron chi connectivity index (χ0n) is 14.2. The van der Waals surface area contributed by atoms with Crippen LogP contribution in [0, 0.1) is 17.0 Å². The molecule has 0 unspecified atom stereocenters. The predicted molar refractivity (Wildman–Crippen MR) is 102 cm³/mol. The van der Waals surface area contributed by atoms with Gasteiger partial charge >= 0.3 is 5.97 Å². The molecule has 136 valence electrons. The lowest BCUT2D eigenvalue weighted by molar-refractivity contribution is -0.385. The molecule has 3 aromatic rings. The maximum Gasteiger partial charge on any atom is 0.350 e. The summed E-state index contributed by atoms with van der Waals surface area (Å²) in [5.41, 5.74) is 0.522. The lowest BCUT2D eigenvalue weighted by Gasteiger charge is -2.08. The number of aryl methyl sites for hydroxylation is 1. The molecule has 0 spiro atoms. The van der Waals surface area contributed by atoms with E-state index in [9.17, 15) is 19.7 Å².